The van der Waals surface area contributed by atoms with Crippen molar-refractivity contribution in [1.82, 2.24) is 5.32 Å². The number of ether oxygens (including phenoxy) is 1. The van der Waals surface area contributed by atoms with Gasteiger partial charge in [-0.1, -0.05) is 0 Å². The van der Waals surface area contributed by atoms with Crippen LogP contribution < -0.4 is 10.6 Å². The molecule has 1 saturated heterocycles. The zero-order valence-electron chi connectivity index (χ0n) is 9.30. The van der Waals surface area contributed by atoms with Crippen molar-refractivity contribution in [3.8, 4) is 0 Å². The zero-order valence-corrected chi connectivity index (χ0v) is 9.30. The maximum absolute atomic E-state index is 13.2. The largest absolute Gasteiger partial charge is 0.358 e. The number of rotatable bonds is 2. The monoisotopic (exact) mass is 260 g/mol. The van der Waals surface area contributed by atoms with Gasteiger partial charge in [0.1, 0.15) is 6.23 Å². The van der Waals surface area contributed by atoms with Crippen LogP contribution in [0.25, 0.3) is 0 Å². The van der Waals surface area contributed by atoms with Crippen molar-refractivity contribution in [1.29, 1.82) is 0 Å². The molecule has 1 aromatic rings. The molecule has 18 heavy (non-hydrogen) atoms. The van der Waals surface area contributed by atoms with Gasteiger partial charge in [-0.2, -0.15) is 0 Å². The van der Waals surface area contributed by atoms with Crippen LogP contribution in [0.3, 0.4) is 0 Å². The van der Waals surface area contributed by atoms with Crippen molar-refractivity contribution in [3.05, 3.63) is 29.6 Å². The fourth-order valence-electron chi connectivity index (χ4n) is 1.62. The van der Waals surface area contributed by atoms with Crippen molar-refractivity contribution >= 4 is 11.7 Å². The molecule has 98 valence electrons. The second kappa shape index (κ2) is 5.26. The van der Waals surface area contributed by atoms with Crippen molar-refractivity contribution in [2.75, 3.05) is 11.9 Å². The van der Waals surface area contributed by atoms with Gasteiger partial charge in [0, 0.05) is 6.61 Å². The number of nitrogens with one attached hydrogen (secondary N) is 2. The summed E-state index contributed by atoms with van der Waals surface area (Å²) in [4.78, 5) is 11.4. The van der Waals surface area contributed by atoms with Gasteiger partial charge >= 0.3 is 6.03 Å². The van der Waals surface area contributed by atoms with Crippen LogP contribution in [0.1, 0.15) is 12.8 Å². The predicted molar refractivity (Wildman–Crippen MR) is 57.4 cm³/mol. The zero-order chi connectivity index (χ0) is 13.1. The second-order valence-electron chi connectivity index (χ2n) is 3.82. The average Bonchev–Trinajstić information content (AvgIpc) is 2.83. The van der Waals surface area contributed by atoms with Gasteiger partial charge in [0.05, 0.1) is 5.69 Å². The smallest absolute Gasteiger partial charge is 0.321 e. The van der Waals surface area contributed by atoms with Gasteiger partial charge < -0.3 is 15.4 Å². The van der Waals surface area contributed by atoms with Crippen LogP contribution in [-0.2, 0) is 4.74 Å². The summed E-state index contributed by atoms with van der Waals surface area (Å²) in [5.41, 5.74) is -0.426. The molecule has 0 aromatic heterocycles. The first-order valence-corrected chi connectivity index (χ1v) is 5.40. The summed E-state index contributed by atoms with van der Waals surface area (Å²) in [7, 11) is 0. The lowest BCUT2D eigenvalue weighted by atomic mass is 10.3. The Morgan fingerprint density at radius 2 is 2.06 bits per heavy atom. The molecule has 0 radical (unpaired) electrons. The third kappa shape index (κ3) is 2.73. The van der Waals surface area contributed by atoms with Crippen LogP contribution in [0.5, 0.6) is 0 Å². The molecular formula is C11H11F3N2O2. The predicted octanol–water partition coefficient (Wildman–Crippen LogP) is 2.36. The van der Waals surface area contributed by atoms with Crippen LogP contribution in [0.15, 0.2) is 12.1 Å². The summed E-state index contributed by atoms with van der Waals surface area (Å²) in [5.74, 6) is -4.36. The van der Waals surface area contributed by atoms with E-state index in [4.69, 9.17) is 4.74 Å². The number of amides is 2. The van der Waals surface area contributed by atoms with E-state index >= 15 is 0 Å². The van der Waals surface area contributed by atoms with Crippen LogP contribution in [0.4, 0.5) is 23.7 Å². The number of halogens is 3. The minimum absolute atomic E-state index is 0.426. The first-order chi connectivity index (χ1) is 8.58. The minimum Gasteiger partial charge on any atom is -0.358 e. The Kier molecular flexibility index (Phi) is 3.71. The molecule has 0 saturated carbocycles. The molecule has 1 fully saturated rings. The van der Waals surface area contributed by atoms with Gasteiger partial charge in [0.15, 0.2) is 17.5 Å². The standard InChI is InChI=1S/C11H11F3N2O2/c12-6-3-4-7(10(14)9(6)13)15-11(17)16-8-2-1-5-18-8/h3-4,8H,1-2,5H2,(H2,15,16,17). The van der Waals surface area contributed by atoms with Crippen molar-refractivity contribution < 1.29 is 22.7 Å². The maximum Gasteiger partial charge on any atom is 0.321 e. The molecule has 7 heteroatoms. The first-order valence-electron chi connectivity index (χ1n) is 5.40. The van der Waals surface area contributed by atoms with E-state index in [1.54, 1.807) is 0 Å². The van der Waals surface area contributed by atoms with E-state index in [9.17, 15) is 18.0 Å². The van der Waals surface area contributed by atoms with E-state index < -0.39 is 35.4 Å². The van der Waals surface area contributed by atoms with E-state index in [-0.39, 0.29) is 0 Å². The molecule has 2 amide bonds. The van der Waals surface area contributed by atoms with Crippen LogP contribution in [0, 0.1) is 17.5 Å². The van der Waals surface area contributed by atoms with Gasteiger partial charge in [0.2, 0.25) is 0 Å². The summed E-state index contributed by atoms with van der Waals surface area (Å²) >= 11 is 0. The Balaban J connectivity index is 2.00. The number of hydrogen-bond donors (Lipinski definition) is 2. The third-order valence-corrected chi connectivity index (χ3v) is 2.51. The third-order valence-electron chi connectivity index (χ3n) is 2.51. The van der Waals surface area contributed by atoms with Crippen molar-refractivity contribution in [3.63, 3.8) is 0 Å². The van der Waals surface area contributed by atoms with E-state index in [1.165, 1.54) is 0 Å². The molecule has 4 nitrogen and oxygen atoms in total. The molecular weight excluding hydrogens is 249 g/mol. The van der Waals surface area contributed by atoms with E-state index in [0.717, 1.165) is 18.6 Å². The molecule has 1 aliphatic rings. The molecule has 2 rings (SSSR count). The molecule has 1 unspecified atom stereocenters. The fraction of sp³-hybridized carbons (Fsp3) is 0.364. The summed E-state index contributed by atoms with van der Waals surface area (Å²) in [6, 6.07) is 0.954. The van der Waals surface area contributed by atoms with Crippen LogP contribution in [-0.4, -0.2) is 18.9 Å². The van der Waals surface area contributed by atoms with Gasteiger partial charge in [-0.15, -0.1) is 0 Å². The number of hydrogen-bond acceptors (Lipinski definition) is 2. The van der Waals surface area contributed by atoms with Gasteiger partial charge in [-0.05, 0) is 25.0 Å². The van der Waals surface area contributed by atoms with Gasteiger partial charge in [0.25, 0.3) is 0 Å². The highest BCUT2D eigenvalue weighted by atomic mass is 19.2. The SMILES string of the molecule is O=C(Nc1ccc(F)c(F)c1F)NC1CCCO1. The normalized spacial score (nSPS) is 18.7. The topological polar surface area (TPSA) is 50.4 Å². The number of urea groups is 1. The Hall–Kier alpha value is -1.76. The van der Waals surface area contributed by atoms with Crippen molar-refractivity contribution in [2.45, 2.75) is 19.1 Å². The first kappa shape index (κ1) is 12.7. The Bertz CT molecular complexity index is 462. The van der Waals surface area contributed by atoms with Crippen molar-refractivity contribution in [2.24, 2.45) is 0 Å². The van der Waals surface area contributed by atoms with Gasteiger partial charge in [-0.25, -0.2) is 18.0 Å². The highest BCUT2D eigenvalue weighted by Crippen LogP contribution is 2.19. The van der Waals surface area contributed by atoms with E-state index in [2.05, 4.69) is 10.6 Å². The molecule has 1 heterocycles. The van der Waals surface area contributed by atoms with Crippen LogP contribution in [0.2, 0.25) is 0 Å². The van der Waals surface area contributed by atoms with E-state index in [0.29, 0.717) is 13.0 Å². The Morgan fingerprint density at radius 1 is 1.28 bits per heavy atom. The number of carbonyl (C=O) groups is 1. The Labute approximate surface area is 101 Å². The average molecular weight is 260 g/mol. The van der Waals surface area contributed by atoms with E-state index in [1.807, 2.05) is 0 Å². The molecule has 0 aliphatic carbocycles. The lowest BCUT2D eigenvalue weighted by Crippen LogP contribution is -2.37. The Morgan fingerprint density at radius 3 is 2.72 bits per heavy atom. The number of benzene rings is 1. The van der Waals surface area contributed by atoms with Crippen LogP contribution >= 0.6 is 0 Å². The highest BCUT2D eigenvalue weighted by molar-refractivity contribution is 5.89. The maximum atomic E-state index is 13.2. The number of carbonyl (C=O) groups excluding carboxylic acids is 1. The summed E-state index contributed by atoms with van der Waals surface area (Å²) in [5, 5.41) is 4.53. The van der Waals surface area contributed by atoms with Gasteiger partial charge in [-0.3, -0.25) is 0 Å². The quantitative estimate of drug-likeness (QED) is 0.802. The fourth-order valence-corrected chi connectivity index (χ4v) is 1.62. The molecule has 0 spiro atoms. The minimum atomic E-state index is -1.62. The second-order valence-corrected chi connectivity index (χ2v) is 3.82. The lowest BCUT2D eigenvalue weighted by Gasteiger charge is -2.13. The summed E-state index contributed by atoms with van der Waals surface area (Å²) in [6.07, 6.45) is 1.05. The molecule has 1 aliphatic heterocycles. The summed E-state index contributed by atoms with van der Waals surface area (Å²) < 4.78 is 43.9. The molecule has 1 aromatic carbocycles. The summed E-state index contributed by atoms with van der Waals surface area (Å²) in [6.45, 7) is 0.546. The molecule has 2 N–H and O–H groups in total. The lowest BCUT2D eigenvalue weighted by molar-refractivity contribution is 0.0928. The molecule has 1 atom stereocenters. The number of anilines is 1. The molecule has 0 bridgehead atoms. The highest BCUT2D eigenvalue weighted by Gasteiger charge is 2.19.